The lowest BCUT2D eigenvalue weighted by molar-refractivity contribution is -0.129. The molecule has 0 saturated carbocycles. The number of aliphatic imine (C=N–C) groups is 1. The summed E-state index contributed by atoms with van der Waals surface area (Å²) < 4.78 is 1.18. The van der Waals surface area contributed by atoms with E-state index in [9.17, 15) is 9.90 Å². The zero-order valence-electron chi connectivity index (χ0n) is 16.6. The number of rotatable bonds is 8. The summed E-state index contributed by atoms with van der Waals surface area (Å²) in [5.74, 6) is 0.948. The standard InChI is InChI=1S/C21H30N4O2S/c1-3-16(25-12-6-9-20(25)27)10-11-23-21(22-2)24-14-17(26)19-13-15-7-4-5-8-18(15)28-19/h4-5,7-8,13,16-17,26H,3,6,9-12,14H2,1-2H3,(H2,22,23,24). The Balaban J connectivity index is 1.45. The minimum atomic E-state index is -0.582. The Hall–Kier alpha value is -2.12. The lowest BCUT2D eigenvalue weighted by Gasteiger charge is -2.27. The van der Waals surface area contributed by atoms with Crippen molar-refractivity contribution in [1.29, 1.82) is 0 Å². The van der Waals surface area contributed by atoms with Crippen LogP contribution in [0.4, 0.5) is 0 Å². The van der Waals surface area contributed by atoms with Crippen molar-refractivity contribution in [3.8, 4) is 0 Å². The zero-order chi connectivity index (χ0) is 19.9. The number of carbonyl (C=O) groups excluding carboxylic acids is 1. The van der Waals surface area contributed by atoms with E-state index in [-0.39, 0.29) is 11.9 Å². The SMILES string of the molecule is CCC(CCNC(=NC)NCC(O)c1cc2ccccc2s1)N1CCCC1=O. The van der Waals surface area contributed by atoms with E-state index in [4.69, 9.17) is 0 Å². The van der Waals surface area contributed by atoms with Crippen LogP contribution in [-0.4, -0.2) is 54.6 Å². The summed E-state index contributed by atoms with van der Waals surface area (Å²) in [4.78, 5) is 19.1. The highest BCUT2D eigenvalue weighted by Gasteiger charge is 2.26. The molecule has 3 N–H and O–H groups in total. The summed E-state index contributed by atoms with van der Waals surface area (Å²) in [5, 5.41) is 18.2. The first-order valence-corrected chi connectivity index (χ1v) is 10.8. The normalized spacial score (nSPS) is 17.2. The molecule has 3 rings (SSSR count). The Morgan fingerprint density at radius 3 is 2.86 bits per heavy atom. The summed E-state index contributed by atoms with van der Waals surface area (Å²) in [5.41, 5.74) is 0. The number of aliphatic hydroxyl groups is 1. The summed E-state index contributed by atoms with van der Waals surface area (Å²) in [6.07, 6.45) is 2.93. The minimum absolute atomic E-state index is 0.279. The molecule has 0 aliphatic carbocycles. The van der Waals surface area contributed by atoms with Crippen LogP contribution in [0.2, 0.25) is 0 Å². The molecule has 6 nitrogen and oxygen atoms in total. The van der Waals surface area contributed by atoms with Gasteiger partial charge in [0.15, 0.2) is 5.96 Å². The molecule has 2 heterocycles. The molecule has 0 bridgehead atoms. The number of carbonyl (C=O) groups is 1. The molecule has 2 atom stereocenters. The number of nitrogens with zero attached hydrogens (tertiary/aromatic N) is 2. The molecule has 2 aromatic rings. The molecule has 1 aromatic carbocycles. The number of fused-ring (bicyclic) bond motifs is 1. The van der Waals surface area contributed by atoms with Gasteiger partial charge in [0.05, 0.1) is 0 Å². The number of nitrogens with one attached hydrogen (secondary N) is 2. The molecular formula is C21H30N4O2S. The largest absolute Gasteiger partial charge is 0.386 e. The second-order valence-corrected chi connectivity index (χ2v) is 8.24. The van der Waals surface area contributed by atoms with Crippen LogP contribution < -0.4 is 10.6 Å². The smallest absolute Gasteiger partial charge is 0.222 e. The highest BCUT2D eigenvalue weighted by Crippen LogP contribution is 2.29. The molecule has 152 valence electrons. The van der Waals surface area contributed by atoms with Crippen LogP contribution in [0, 0.1) is 0 Å². The van der Waals surface area contributed by atoms with Crippen molar-refractivity contribution in [3.63, 3.8) is 0 Å². The first kappa shape index (κ1) is 20.6. The van der Waals surface area contributed by atoms with Crippen molar-refractivity contribution in [2.24, 2.45) is 4.99 Å². The number of hydrogen-bond acceptors (Lipinski definition) is 4. The number of thiophene rings is 1. The summed E-state index contributed by atoms with van der Waals surface area (Å²) >= 11 is 1.62. The maximum atomic E-state index is 11.9. The molecule has 0 spiro atoms. The van der Waals surface area contributed by atoms with E-state index in [1.165, 1.54) is 4.70 Å². The van der Waals surface area contributed by atoms with Crippen LogP contribution in [0.3, 0.4) is 0 Å². The average Bonchev–Trinajstić information content (AvgIpc) is 3.33. The fourth-order valence-corrected chi connectivity index (χ4v) is 4.72. The molecule has 0 radical (unpaired) electrons. The molecular weight excluding hydrogens is 372 g/mol. The third-order valence-electron chi connectivity index (χ3n) is 5.25. The van der Waals surface area contributed by atoms with Gasteiger partial charge in [-0.15, -0.1) is 11.3 Å². The van der Waals surface area contributed by atoms with Crippen molar-refractivity contribution in [2.75, 3.05) is 26.7 Å². The van der Waals surface area contributed by atoms with E-state index in [0.717, 1.165) is 42.6 Å². The van der Waals surface area contributed by atoms with Crippen LogP contribution in [-0.2, 0) is 4.79 Å². The van der Waals surface area contributed by atoms with Gasteiger partial charge in [0, 0.05) is 48.7 Å². The van der Waals surface area contributed by atoms with E-state index < -0.39 is 6.10 Å². The van der Waals surface area contributed by atoms with Gasteiger partial charge in [0.1, 0.15) is 6.10 Å². The summed E-state index contributed by atoms with van der Waals surface area (Å²) in [6.45, 7) is 4.14. The molecule has 28 heavy (non-hydrogen) atoms. The van der Waals surface area contributed by atoms with E-state index in [1.807, 2.05) is 23.1 Å². The van der Waals surface area contributed by atoms with E-state index in [0.29, 0.717) is 18.9 Å². The van der Waals surface area contributed by atoms with E-state index >= 15 is 0 Å². The van der Waals surface area contributed by atoms with Crippen LogP contribution in [0.15, 0.2) is 35.3 Å². The van der Waals surface area contributed by atoms with E-state index in [1.54, 1.807) is 18.4 Å². The quantitative estimate of drug-likeness (QED) is 0.469. The van der Waals surface area contributed by atoms with Gasteiger partial charge in [-0.1, -0.05) is 25.1 Å². The highest BCUT2D eigenvalue weighted by atomic mass is 32.1. The Morgan fingerprint density at radius 2 is 2.18 bits per heavy atom. The summed E-state index contributed by atoms with van der Waals surface area (Å²) in [6, 6.07) is 10.5. The second-order valence-electron chi connectivity index (χ2n) is 7.12. The minimum Gasteiger partial charge on any atom is -0.386 e. The Labute approximate surface area is 170 Å². The molecule has 1 saturated heterocycles. The number of benzene rings is 1. The number of guanidine groups is 1. The van der Waals surface area contributed by atoms with Gasteiger partial charge in [0.25, 0.3) is 0 Å². The van der Waals surface area contributed by atoms with Crippen molar-refractivity contribution < 1.29 is 9.90 Å². The topological polar surface area (TPSA) is 77.0 Å². The lowest BCUT2D eigenvalue weighted by atomic mass is 10.1. The van der Waals surface area contributed by atoms with Crippen molar-refractivity contribution in [3.05, 3.63) is 35.2 Å². The average molecular weight is 403 g/mol. The molecule has 1 fully saturated rings. The Bertz CT molecular complexity index is 787. The van der Waals surface area contributed by atoms with Gasteiger partial charge in [-0.05, 0) is 36.8 Å². The van der Waals surface area contributed by atoms with Crippen LogP contribution in [0.1, 0.15) is 43.6 Å². The van der Waals surface area contributed by atoms with Crippen molar-refractivity contribution in [2.45, 2.75) is 44.8 Å². The van der Waals surface area contributed by atoms with Crippen LogP contribution in [0.5, 0.6) is 0 Å². The van der Waals surface area contributed by atoms with Gasteiger partial charge in [0.2, 0.25) is 5.91 Å². The number of amides is 1. The lowest BCUT2D eigenvalue weighted by Crippen LogP contribution is -2.42. The molecule has 1 amide bonds. The van der Waals surface area contributed by atoms with Crippen LogP contribution in [0.25, 0.3) is 10.1 Å². The van der Waals surface area contributed by atoms with E-state index in [2.05, 4.69) is 34.7 Å². The summed E-state index contributed by atoms with van der Waals surface area (Å²) in [7, 11) is 1.72. The fraction of sp³-hybridized carbons (Fsp3) is 0.524. The van der Waals surface area contributed by atoms with Gasteiger partial charge in [-0.3, -0.25) is 9.79 Å². The number of likely N-dealkylation sites (tertiary alicyclic amines) is 1. The van der Waals surface area contributed by atoms with Crippen molar-refractivity contribution >= 4 is 33.3 Å². The van der Waals surface area contributed by atoms with Gasteiger partial charge in [-0.2, -0.15) is 0 Å². The first-order valence-electron chi connectivity index (χ1n) is 10.0. The molecule has 1 aliphatic rings. The fourth-order valence-electron chi connectivity index (χ4n) is 3.67. The monoisotopic (exact) mass is 402 g/mol. The Morgan fingerprint density at radius 1 is 1.36 bits per heavy atom. The zero-order valence-corrected chi connectivity index (χ0v) is 17.5. The predicted octanol–water partition coefficient (Wildman–Crippen LogP) is 2.89. The third kappa shape index (κ3) is 5.02. The molecule has 1 aliphatic heterocycles. The Kier molecular flexibility index (Phi) is 7.28. The highest BCUT2D eigenvalue weighted by molar-refractivity contribution is 7.19. The van der Waals surface area contributed by atoms with Gasteiger partial charge >= 0.3 is 0 Å². The van der Waals surface area contributed by atoms with Crippen LogP contribution >= 0.6 is 11.3 Å². The maximum Gasteiger partial charge on any atom is 0.222 e. The maximum absolute atomic E-state index is 11.9. The molecule has 1 aromatic heterocycles. The molecule has 7 heteroatoms. The van der Waals surface area contributed by atoms with Gasteiger partial charge in [-0.25, -0.2) is 0 Å². The number of hydrogen-bond donors (Lipinski definition) is 3. The van der Waals surface area contributed by atoms with Gasteiger partial charge < -0.3 is 20.6 Å². The number of aliphatic hydroxyl groups excluding tert-OH is 1. The first-order chi connectivity index (χ1) is 13.6. The third-order valence-corrected chi connectivity index (χ3v) is 6.47. The van der Waals surface area contributed by atoms with Crippen molar-refractivity contribution in [1.82, 2.24) is 15.5 Å². The predicted molar refractivity (Wildman–Crippen MR) is 116 cm³/mol. The molecule has 2 unspecified atom stereocenters. The second kappa shape index (κ2) is 9.89.